The molecule has 0 aliphatic heterocycles. The van der Waals surface area contributed by atoms with Gasteiger partial charge in [-0.3, -0.25) is 0 Å². The number of tetrazole rings is 1. The van der Waals surface area contributed by atoms with Crippen LogP contribution in [-0.4, -0.2) is 37.5 Å². The Hall–Kier alpha value is -2.42. The van der Waals surface area contributed by atoms with E-state index in [0.717, 1.165) is 30.0 Å². The molecule has 4 rings (SSSR count). The molecule has 2 heterocycles. The lowest BCUT2D eigenvalue weighted by atomic mass is 10.2. The van der Waals surface area contributed by atoms with Crippen molar-refractivity contribution >= 4 is 11.8 Å². The van der Waals surface area contributed by atoms with E-state index in [1.54, 1.807) is 11.8 Å². The summed E-state index contributed by atoms with van der Waals surface area (Å²) in [6, 6.07) is 5.87. The molecule has 3 aromatic rings. The highest BCUT2D eigenvalue weighted by molar-refractivity contribution is 7.98. The predicted octanol–water partition coefficient (Wildman–Crippen LogP) is 2.53. The van der Waals surface area contributed by atoms with Crippen molar-refractivity contribution in [3.63, 3.8) is 0 Å². The van der Waals surface area contributed by atoms with Crippen LogP contribution in [-0.2, 0) is 5.75 Å². The van der Waals surface area contributed by atoms with Gasteiger partial charge in [0.2, 0.25) is 11.0 Å². The van der Waals surface area contributed by atoms with Crippen molar-refractivity contribution in [2.75, 3.05) is 7.11 Å². The molecule has 0 bridgehead atoms. The van der Waals surface area contributed by atoms with Gasteiger partial charge in [-0.25, -0.2) is 0 Å². The summed E-state index contributed by atoms with van der Waals surface area (Å²) in [6.07, 6.45) is 2.28. The monoisotopic (exact) mass is 344 g/mol. The van der Waals surface area contributed by atoms with Gasteiger partial charge in [0.15, 0.2) is 5.82 Å². The van der Waals surface area contributed by atoms with E-state index in [0.29, 0.717) is 28.4 Å². The number of hydrogen-bond donors (Lipinski definition) is 0. The molecule has 1 aliphatic carbocycles. The van der Waals surface area contributed by atoms with E-state index in [-0.39, 0.29) is 0 Å². The number of ether oxygens (including phenoxy) is 1. The minimum absolute atomic E-state index is 0.457. The van der Waals surface area contributed by atoms with Crippen LogP contribution < -0.4 is 4.74 Å². The summed E-state index contributed by atoms with van der Waals surface area (Å²) in [6.45, 7) is 2.01. The molecular formula is C15H16N6O2S. The van der Waals surface area contributed by atoms with Gasteiger partial charge in [0.25, 0.3) is 0 Å². The second-order valence-electron chi connectivity index (χ2n) is 5.66. The summed E-state index contributed by atoms with van der Waals surface area (Å²) in [5, 5.41) is 16.6. The van der Waals surface area contributed by atoms with Crippen LogP contribution in [0.4, 0.5) is 0 Å². The molecule has 0 unspecified atom stereocenters. The average Bonchev–Trinajstić information content (AvgIpc) is 3.15. The van der Waals surface area contributed by atoms with Gasteiger partial charge in [0.05, 0.1) is 12.9 Å². The molecule has 1 saturated carbocycles. The summed E-state index contributed by atoms with van der Waals surface area (Å²) < 4.78 is 12.4. The van der Waals surface area contributed by atoms with Crippen LogP contribution in [0.25, 0.3) is 5.69 Å². The Morgan fingerprint density at radius 1 is 1.38 bits per heavy atom. The van der Waals surface area contributed by atoms with Crippen LogP contribution in [0, 0.1) is 6.92 Å². The van der Waals surface area contributed by atoms with Crippen LogP contribution in [0.3, 0.4) is 0 Å². The van der Waals surface area contributed by atoms with Gasteiger partial charge in [0.1, 0.15) is 11.4 Å². The number of hydrogen-bond acceptors (Lipinski definition) is 8. The fourth-order valence-corrected chi connectivity index (χ4v) is 3.06. The second kappa shape index (κ2) is 6.23. The quantitative estimate of drug-likeness (QED) is 0.630. The molecule has 0 N–H and O–H groups in total. The van der Waals surface area contributed by atoms with Crippen molar-refractivity contribution in [1.82, 2.24) is 30.3 Å². The zero-order chi connectivity index (χ0) is 16.5. The van der Waals surface area contributed by atoms with Crippen molar-refractivity contribution < 1.29 is 9.26 Å². The van der Waals surface area contributed by atoms with Gasteiger partial charge in [-0.05, 0) is 47.9 Å². The number of thioether (sulfide) groups is 1. The van der Waals surface area contributed by atoms with Gasteiger partial charge in [-0.1, -0.05) is 23.0 Å². The third kappa shape index (κ3) is 2.99. The minimum Gasteiger partial charge on any atom is -0.494 e. The first-order valence-electron chi connectivity index (χ1n) is 7.63. The Balaban J connectivity index is 1.55. The lowest BCUT2D eigenvalue weighted by Gasteiger charge is -2.09. The molecule has 0 radical (unpaired) electrons. The fraction of sp³-hybridized carbons (Fsp3) is 0.400. The van der Waals surface area contributed by atoms with Crippen molar-refractivity contribution in [2.24, 2.45) is 0 Å². The van der Waals surface area contributed by atoms with E-state index in [4.69, 9.17) is 9.26 Å². The number of methoxy groups -OCH3 is 1. The average molecular weight is 344 g/mol. The molecule has 24 heavy (non-hydrogen) atoms. The zero-order valence-electron chi connectivity index (χ0n) is 13.3. The zero-order valence-corrected chi connectivity index (χ0v) is 14.2. The molecule has 1 fully saturated rings. The topological polar surface area (TPSA) is 91.8 Å². The molecule has 9 heteroatoms. The van der Waals surface area contributed by atoms with Gasteiger partial charge in [-0.15, -0.1) is 5.10 Å². The Kier molecular flexibility index (Phi) is 3.93. The molecule has 0 atom stereocenters. The summed E-state index contributed by atoms with van der Waals surface area (Å²) in [5.74, 6) is 3.12. The molecule has 8 nitrogen and oxygen atoms in total. The van der Waals surface area contributed by atoms with Crippen molar-refractivity contribution in [1.29, 1.82) is 0 Å². The fourth-order valence-electron chi connectivity index (χ4n) is 2.34. The van der Waals surface area contributed by atoms with Crippen LogP contribution >= 0.6 is 11.8 Å². The number of rotatable bonds is 6. The summed E-state index contributed by atoms with van der Waals surface area (Å²) in [4.78, 5) is 4.42. The Morgan fingerprint density at radius 3 is 3.04 bits per heavy atom. The highest BCUT2D eigenvalue weighted by Gasteiger charge is 2.29. The Bertz CT molecular complexity index is 857. The molecular weight excluding hydrogens is 328 g/mol. The highest BCUT2D eigenvalue weighted by atomic mass is 32.2. The van der Waals surface area contributed by atoms with Gasteiger partial charge < -0.3 is 9.26 Å². The molecule has 124 valence electrons. The summed E-state index contributed by atoms with van der Waals surface area (Å²) >= 11 is 1.46. The first-order chi connectivity index (χ1) is 11.7. The van der Waals surface area contributed by atoms with Crippen molar-refractivity contribution in [3.8, 4) is 11.4 Å². The largest absolute Gasteiger partial charge is 0.494 e. The summed E-state index contributed by atoms with van der Waals surface area (Å²) in [5.41, 5.74) is 1.90. The van der Waals surface area contributed by atoms with E-state index < -0.39 is 0 Å². The normalized spacial score (nSPS) is 14.1. The molecule has 1 aromatic carbocycles. The maximum atomic E-state index is 5.41. The van der Waals surface area contributed by atoms with Gasteiger partial charge in [-0.2, -0.15) is 9.67 Å². The lowest BCUT2D eigenvalue weighted by molar-refractivity contribution is 0.375. The molecule has 0 saturated heterocycles. The Morgan fingerprint density at radius 2 is 2.25 bits per heavy atom. The van der Waals surface area contributed by atoms with E-state index in [1.165, 1.54) is 11.8 Å². The van der Waals surface area contributed by atoms with Crippen LogP contribution in [0.15, 0.2) is 27.9 Å². The van der Waals surface area contributed by atoms with Crippen LogP contribution in [0.5, 0.6) is 5.75 Å². The molecule has 0 spiro atoms. The maximum absolute atomic E-state index is 5.41. The molecule has 0 amide bonds. The van der Waals surface area contributed by atoms with E-state index in [2.05, 4.69) is 25.7 Å². The lowest BCUT2D eigenvalue weighted by Crippen LogP contribution is -2.02. The van der Waals surface area contributed by atoms with Crippen molar-refractivity contribution in [3.05, 3.63) is 35.5 Å². The highest BCUT2D eigenvalue weighted by Crippen LogP contribution is 2.39. The number of benzene rings is 1. The van der Waals surface area contributed by atoms with Crippen LogP contribution in [0.2, 0.25) is 0 Å². The third-order valence-corrected chi connectivity index (χ3v) is 4.66. The summed E-state index contributed by atoms with van der Waals surface area (Å²) in [7, 11) is 1.63. The number of aryl methyl sites for hydroxylation is 1. The smallest absolute Gasteiger partial charge is 0.229 e. The van der Waals surface area contributed by atoms with E-state index in [1.807, 2.05) is 25.1 Å². The number of aromatic nitrogens is 6. The SMILES string of the molecule is COc1ccc(C)cc1-n1nnnc1SCc1noc(C2CC2)n1. The van der Waals surface area contributed by atoms with Crippen LogP contribution in [0.1, 0.15) is 36.0 Å². The first kappa shape index (κ1) is 15.1. The molecule has 1 aliphatic rings. The Labute approximate surface area is 142 Å². The standard InChI is InChI=1S/C15H16N6O2S/c1-9-3-6-12(22-2)11(7-9)21-15(17-19-20-21)24-8-13-16-14(23-18-13)10-4-5-10/h3,6-7,10H,4-5,8H2,1-2H3. The number of nitrogens with zero attached hydrogens (tertiary/aromatic N) is 6. The minimum atomic E-state index is 0.457. The van der Waals surface area contributed by atoms with E-state index >= 15 is 0 Å². The van der Waals surface area contributed by atoms with Crippen molar-refractivity contribution in [2.45, 2.75) is 36.6 Å². The predicted molar refractivity (Wildman–Crippen MR) is 86.3 cm³/mol. The first-order valence-corrected chi connectivity index (χ1v) is 8.62. The molecule has 2 aromatic heterocycles. The van der Waals surface area contributed by atoms with E-state index in [9.17, 15) is 0 Å². The third-order valence-electron chi connectivity index (χ3n) is 3.74. The maximum Gasteiger partial charge on any atom is 0.229 e. The second-order valence-corrected chi connectivity index (χ2v) is 6.60. The van der Waals surface area contributed by atoms with Gasteiger partial charge >= 0.3 is 0 Å². The van der Waals surface area contributed by atoms with Gasteiger partial charge in [0, 0.05) is 5.92 Å².